The van der Waals surface area contributed by atoms with E-state index in [1.807, 2.05) is 0 Å². The van der Waals surface area contributed by atoms with Crippen molar-refractivity contribution >= 4 is 0 Å². The van der Waals surface area contributed by atoms with Crippen molar-refractivity contribution in [3.05, 3.63) is 23.3 Å². The minimum atomic E-state index is -4.68. The van der Waals surface area contributed by atoms with Crippen LogP contribution >= 0.6 is 0 Å². The second kappa shape index (κ2) is 5.45. The molecule has 7 heteroatoms. The summed E-state index contributed by atoms with van der Waals surface area (Å²) < 4.78 is 48.6. The van der Waals surface area contributed by atoms with Gasteiger partial charge in [0, 0.05) is 6.54 Å². The summed E-state index contributed by atoms with van der Waals surface area (Å²) in [5.41, 5.74) is 3.79. The third-order valence-electron chi connectivity index (χ3n) is 2.44. The zero-order valence-electron chi connectivity index (χ0n) is 9.91. The maximum Gasteiger partial charge on any atom is 0.420 e. The molecule has 1 aromatic carbocycles. The third-order valence-corrected chi connectivity index (χ3v) is 2.44. The van der Waals surface area contributed by atoms with Gasteiger partial charge in [0.1, 0.15) is 5.56 Å². The molecule has 0 saturated heterocycles. The van der Waals surface area contributed by atoms with Gasteiger partial charge in [-0.3, -0.25) is 0 Å². The molecule has 3 N–H and O–H groups in total. The van der Waals surface area contributed by atoms with Crippen LogP contribution in [0, 0.1) is 0 Å². The predicted octanol–water partition coefficient (Wildman–Crippen LogP) is 1.71. The monoisotopic (exact) mass is 265 g/mol. The molecular weight excluding hydrogens is 251 g/mol. The summed E-state index contributed by atoms with van der Waals surface area (Å²) in [4.78, 5) is 0. The van der Waals surface area contributed by atoms with E-state index in [1.165, 1.54) is 13.2 Å². The van der Waals surface area contributed by atoms with Crippen molar-refractivity contribution in [2.24, 2.45) is 5.73 Å². The molecule has 0 saturated carbocycles. The molecule has 0 aliphatic carbocycles. The van der Waals surface area contributed by atoms with Crippen molar-refractivity contribution in [2.45, 2.75) is 12.3 Å². The van der Waals surface area contributed by atoms with E-state index in [0.717, 1.165) is 13.2 Å². The van der Waals surface area contributed by atoms with E-state index in [4.69, 9.17) is 15.2 Å². The fraction of sp³-hybridized carbons (Fsp3) is 0.455. The average molecular weight is 265 g/mol. The lowest BCUT2D eigenvalue weighted by Gasteiger charge is -2.21. The Hall–Kier alpha value is -1.47. The van der Waals surface area contributed by atoms with Crippen LogP contribution in [0.2, 0.25) is 0 Å². The molecule has 0 spiro atoms. The molecule has 0 aromatic heterocycles. The van der Waals surface area contributed by atoms with Crippen molar-refractivity contribution < 1.29 is 27.8 Å². The van der Waals surface area contributed by atoms with Crippen LogP contribution < -0.4 is 15.2 Å². The fourth-order valence-corrected chi connectivity index (χ4v) is 1.64. The summed E-state index contributed by atoms with van der Waals surface area (Å²) in [6.07, 6.45) is -6.09. The van der Waals surface area contributed by atoms with Crippen LogP contribution in [0.5, 0.6) is 11.5 Å². The summed E-state index contributed by atoms with van der Waals surface area (Å²) >= 11 is 0. The Bertz CT molecular complexity index is 421. The van der Waals surface area contributed by atoms with Crippen LogP contribution in [-0.2, 0) is 6.18 Å². The van der Waals surface area contributed by atoms with Crippen LogP contribution in [0.25, 0.3) is 0 Å². The summed E-state index contributed by atoms with van der Waals surface area (Å²) in [5, 5.41) is 9.54. The molecule has 1 aromatic rings. The Morgan fingerprint density at radius 2 is 1.89 bits per heavy atom. The number of nitrogens with two attached hydrogens (primary N) is 1. The Morgan fingerprint density at radius 3 is 2.28 bits per heavy atom. The van der Waals surface area contributed by atoms with E-state index < -0.39 is 23.6 Å². The van der Waals surface area contributed by atoms with E-state index in [2.05, 4.69) is 0 Å². The van der Waals surface area contributed by atoms with Crippen LogP contribution in [0.4, 0.5) is 13.2 Å². The van der Waals surface area contributed by atoms with Gasteiger partial charge >= 0.3 is 6.18 Å². The smallest absolute Gasteiger partial charge is 0.420 e. The predicted molar refractivity (Wildman–Crippen MR) is 58.6 cm³/mol. The highest BCUT2D eigenvalue weighted by Gasteiger charge is 2.39. The second-order valence-corrected chi connectivity index (χ2v) is 3.51. The molecule has 0 aliphatic heterocycles. The molecule has 4 nitrogen and oxygen atoms in total. The zero-order chi connectivity index (χ0) is 13.9. The van der Waals surface area contributed by atoms with Crippen molar-refractivity contribution in [1.82, 2.24) is 0 Å². The summed E-state index contributed by atoms with van der Waals surface area (Å²) in [6.45, 7) is -0.321. The number of aliphatic hydroxyl groups excluding tert-OH is 1. The van der Waals surface area contributed by atoms with Gasteiger partial charge in [-0.25, -0.2) is 0 Å². The first-order chi connectivity index (χ1) is 8.36. The van der Waals surface area contributed by atoms with Gasteiger partial charge < -0.3 is 20.3 Å². The molecule has 0 heterocycles. The van der Waals surface area contributed by atoms with Gasteiger partial charge in [-0.05, 0) is 11.6 Å². The first-order valence-electron chi connectivity index (χ1n) is 5.07. The summed E-state index contributed by atoms with van der Waals surface area (Å²) in [7, 11) is 2.34. The number of hydrogen-bond acceptors (Lipinski definition) is 4. The van der Waals surface area contributed by atoms with E-state index >= 15 is 0 Å². The summed E-state index contributed by atoms with van der Waals surface area (Å²) in [6, 6.07) is 2.42. The Labute approximate surface area is 102 Å². The number of hydrogen-bond donors (Lipinski definition) is 2. The normalized spacial score (nSPS) is 13.3. The molecule has 0 amide bonds. The van der Waals surface area contributed by atoms with E-state index in [-0.39, 0.29) is 17.9 Å². The lowest BCUT2D eigenvalue weighted by molar-refractivity contribution is -0.140. The highest BCUT2D eigenvalue weighted by atomic mass is 19.4. The van der Waals surface area contributed by atoms with Gasteiger partial charge in [0.05, 0.1) is 20.3 Å². The minimum Gasteiger partial charge on any atom is -0.493 e. The first-order valence-corrected chi connectivity index (χ1v) is 5.07. The van der Waals surface area contributed by atoms with Crippen LogP contribution in [-0.4, -0.2) is 25.9 Å². The highest BCUT2D eigenvalue weighted by molar-refractivity contribution is 5.53. The molecular formula is C11H14F3NO3. The van der Waals surface area contributed by atoms with Crippen molar-refractivity contribution in [3.63, 3.8) is 0 Å². The molecule has 102 valence electrons. The molecule has 18 heavy (non-hydrogen) atoms. The van der Waals surface area contributed by atoms with Gasteiger partial charge in [-0.15, -0.1) is 0 Å². The molecule has 0 bridgehead atoms. The van der Waals surface area contributed by atoms with E-state index in [0.29, 0.717) is 0 Å². The van der Waals surface area contributed by atoms with Gasteiger partial charge in [-0.2, -0.15) is 13.2 Å². The van der Waals surface area contributed by atoms with E-state index in [1.54, 1.807) is 0 Å². The number of alkyl halides is 3. The quantitative estimate of drug-likeness (QED) is 0.870. The first kappa shape index (κ1) is 14.6. The second-order valence-electron chi connectivity index (χ2n) is 3.51. The van der Waals surface area contributed by atoms with Gasteiger partial charge in [0.15, 0.2) is 11.5 Å². The number of benzene rings is 1. The van der Waals surface area contributed by atoms with Gasteiger partial charge in [0.25, 0.3) is 0 Å². The molecule has 0 unspecified atom stereocenters. The zero-order valence-corrected chi connectivity index (χ0v) is 9.91. The Balaban J connectivity index is 3.55. The molecule has 0 fully saturated rings. The number of aliphatic hydroxyl groups is 1. The lowest BCUT2D eigenvalue weighted by atomic mass is 10.00. The largest absolute Gasteiger partial charge is 0.493 e. The van der Waals surface area contributed by atoms with Crippen molar-refractivity contribution in [3.8, 4) is 11.5 Å². The Morgan fingerprint density at radius 1 is 1.28 bits per heavy atom. The average Bonchev–Trinajstić information content (AvgIpc) is 2.34. The van der Waals surface area contributed by atoms with E-state index in [9.17, 15) is 18.3 Å². The SMILES string of the molecule is COc1ccc([C@@H](O)CN)c(C(F)(F)F)c1OC. The number of methoxy groups -OCH3 is 2. The van der Waals surface area contributed by atoms with Crippen LogP contribution in [0.3, 0.4) is 0 Å². The third kappa shape index (κ3) is 2.68. The standard InChI is InChI=1S/C11H14F3NO3/c1-17-8-4-3-6(7(16)5-15)9(10(8)18-2)11(12,13)14/h3-4,7,16H,5,15H2,1-2H3/t7-/m0/s1. The molecule has 0 radical (unpaired) electrons. The highest BCUT2D eigenvalue weighted by Crippen LogP contribution is 2.45. The minimum absolute atomic E-state index is 0.0576. The number of ether oxygens (including phenoxy) is 2. The van der Waals surface area contributed by atoms with Crippen molar-refractivity contribution in [2.75, 3.05) is 20.8 Å². The maximum atomic E-state index is 13.0. The molecule has 0 aliphatic rings. The Kier molecular flexibility index (Phi) is 4.42. The number of rotatable bonds is 4. The van der Waals surface area contributed by atoms with Gasteiger partial charge in [0.2, 0.25) is 0 Å². The summed E-state index contributed by atoms with van der Waals surface area (Å²) in [5.74, 6) is -0.521. The van der Waals surface area contributed by atoms with Crippen molar-refractivity contribution in [1.29, 1.82) is 0 Å². The van der Waals surface area contributed by atoms with Gasteiger partial charge in [-0.1, -0.05) is 6.07 Å². The molecule has 1 atom stereocenters. The fourth-order valence-electron chi connectivity index (χ4n) is 1.64. The maximum absolute atomic E-state index is 13.0. The molecule has 1 rings (SSSR count). The van der Waals surface area contributed by atoms with Crippen LogP contribution in [0.15, 0.2) is 12.1 Å². The number of halogens is 3. The lowest BCUT2D eigenvalue weighted by Crippen LogP contribution is -2.19. The van der Waals surface area contributed by atoms with Crippen LogP contribution in [0.1, 0.15) is 17.2 Å². The topological polar surface area (TPSA) is 64.7 Å².